The van der Waals surface area contributed by atoms with Crippen LogP contribution in [0.5, 0.6) is 0 Å². The van der Waals surface area contributed by atoms with Gasteiger partial charge in [0.05, 0.1) is 18.3 Å². The van der Waals surface area contributed by atoms with Crippen molar-refractivity contribution in [2.24, 2.45) is 5.92 Å². The summed E-state index contributed by atoms with van der Waals surface area (Å²) in [6.07, 6.45) is 4.54. The first-order valence-corrected chi connectivity index (χ1v) is 6.07. The first-order valence-electron chi connectivity index (χ1n) is 6.07. The minimum Gasteiger partial charge on any atom is -0.398 e. The summed E-state index contributed by atoms with van der Waals surface area (Å²) in [5.41, 5.74) is 6.35. The molecule has 4 nitrogen and oxygen atoms in total. The van der Waals surface area contributed by atoms with Gasteiger partial charge in [-0.15, -0.1) is 0 Å². The van der Waals surface area contributed by atoms with Crippen LogP contribution in [0.25, 0.3) is 0 Å². The number of rotatable bonds is 2. The summed E-state index contributed by atoms with van der Waals surface area (Å²) in [6.45, 7) is 4.76. The summed E-state index contributed by atoms with van der Waals surface area (Å²) in [6, 6.07) is 1.73. The Hall–Kier alpha value is -1.13. The van der Waals surface area contributed by atoms with Crippen molar-refractivity contribution in [2.75, 3.05) is 12.3 Å². The first-order chi connectivity index (χ1) is 8.03. The van der Waals surface area contributed by atoms with E-state index >= 15 is 0 Å². The van der Waals surface area contributed by atoms with Crippen molar-refractivity contribution in [3.8, 4) is 0 Å². The second kappa shape index (κ2) is 4.63. The highest BCUT2D eigenvalue weighted by Gasteiger charge is 2.38. The average Bonchev–Trinajstić information content (AvgIpc) is 2.29. The Morgan fingerprint density at radius 3 is 3.00 bits per heavy atom. The molecule has 0 amide bonds. The van der Waals surface area contributed by atoms with E-state index in [1.807, 2.05) is 0 Å². The third-order valence-corrected chi connectivity index (χ3v) is 3.49. The summed E-state index contributed by atoms with van der Waals surface area (Å²) < 4.78 is 5.67. The van der Waals surface area contributed by atoms with Gasteiger partial charge in [0.25, 0.3) is 0 Å². The molecule has 3 N–H and O–H groups in total. The van der Waals surface area contributed by atoms with Crippen LogP contribution in [0.1, 0.15) is 32.3 Å². The molecule has 0 aliphatic carbocycles. The number of ether oxygens (including phenoxy) is 1. The lowest BCUT2D eigenvalue weighted by Crippen LogP contribution is -2.41. The number of nitrogens with two attached hydrogens (primary N) is 1. The van der Waals surface area contributed by atoms with Gasteiger partial charge in [0.1, 0.15) is 0 Å². The van der Waals surface area contributed by atoms with E-state index in [2.05, 4.69) is 18.8 Å². The van der Waals surface area contributed by atoms with Crippen LogP contribution < -0.4 is 5.73 Å². The Labute approximate surface area is 102 Å². The van der Waals surface area contributed by atoms with Gasteiger partial charge in [-0.2, -0.15) is 0 Å². The van der Waals surface area contributed by atoms with E-state index in [1.165, 1.54) is 0 Å². The Kier molecular flexibility index (Phi) is 3.35. The predicted molar refractivity (Wildman–Crippen MR) is 66.4 cm³/mol. The second-order valence-electron chi connectivity index (χ2n) is 5.10. The maximum atomic E-state index is 10.7. The van der Waals surface area contributed by atoms with E-state index in [-0.39, 0.29) is 6.10 Å². The van der Waals surface area contributed by atoms with E-state index in [4.69, 9.17) is 10.5 Å². The molecule has 0 aromatic carbocycles. The van der Waals surface area contributed by atoms with Gasteiger partial charge in [-0.25, -0.2) is 0 Å². The van der Waals surface area contributed by atoms with Crippen molar-refractivity contribution in [3.05, 3.63) is 24.0 Å². The third-order valence-electron chi connectivity index (χ3n) is 3.49. The normalized spacial score (nSPS) is 29.5. The molecule has 1 aromatic heterocycles. The van der Waals surface area contributed by atoms with Crippen molar-refractivity contribution < 1.29 is 9.84 Å². The van der Waals surface area contributed by atoms with Crippen molar-refractivity contribution in [3.63, 3.8) is 0 Å². The minimum atomic E-state index is -0.897. The van der Waals surface area contributed by atoms with Crippen LogP contribution in [0, 0.1) is 5.92 Å². The molecule has 17 heavy (non-hydrogen) atoms. The molecule has 0 bridgehead atoms. The fourth-order valence-corrected chi connectivity index (χ4v) is 2.34. The number of anilines is 1. The van der Waals surface area contributed by atoms with Crippen molar-refractivity contribution in [1.82, 2.24) is 4.98 Å². The summed E-state index contributed by atoms with van der Waals surface area (Å²) in [7, 11) is 0. The van der Waals surface area contributed by atoms with Crippen molar-refractivity contribution in [1.29, 1.82) is 0 Å². The molecular formula is C13H20N2O2. The molecule has 1 aliphatic rings. The molecular weight excluding hydrogens is 216 g/mol. The quantitative estimate of drug-likeness (QED) is 0.820. The molecule has 2 atom stereocenters. The second-order valence-corrected chi connectivity index (χ2v) is 5.10. The molecule has 0 radical (unpaired) electrons. The van der Waals surface area contributed by atoms with Crippen LogP contribution in [0.3, 0.4) is 0 Å². The van der Waals surface area contributed by atoms with Gasteiger partial charge in [-0.1, -0.05) is 13.8 Å². The highest BCUT2D eigenvalue weighted by molar-refractivity contribution is 5.48. The van der Waals surface area contributed by atoms with E-state index in [0.29, 0.717) is 31.1 Å². The Morgan fingerprint density at radius 1 is 1.59 bits per heavy atom. The fourth-order valence-electron chi connectivity index (χ4n) is 2.34. The highest BCUT2D eigenvalue weighted by atomic mass is 16.5. The summed E-state index contributed by atoms with van der Waals surface area (Å²) >= 11 is 0. The number of pyridine rings is 1. The molecule has 1 aromatic rings. The van der Waals surface area contributed by atoms with Crippen LogP contribution in [0.15, 0.2) is 18.5 Å². The zero-order valence-corrected chi connectivity index (χ0v) is 10.4. The average molecular weight is 236 g/mol. The van der Waals surface area contributed by atoms with E-state index in [0.717, 1.165) is 5.56 Å². The molecule has 2 heterocycles. The van der Waals surface area contributed by atoms with Gasteiger partial charge in [0.15, 0.2) is 0 Å². The number of nitrogen functional groups attached to an aromatic ring is 1. The smallest absolute Gasteiger partial charge is 0.0978 e. The standard InChI is InChI=1S/C13H20N2O2/c1-9(2)12-7-13(16,4-6-17-12)10-8-15-5-3-11(10)14/h3,5,8-9,12,16H,4,6-7H2,1-2H3,(H2,14,15). The molecule has 0 spiro atoms. The summed E-state index contributed by atoms with van der Waals surface area (Å²) in [5, 5.41) is 10.7. The largest absolute Gasteiger partial charge is 0.398 e. The third kappa shape index (κ3) is 2.42. The monoisotopic (exact) mass is 236 g/mol. The SMILES string of the molecule is CC(C)C1CC(O)(c2cnccc2N)CCO1. The molecule has 1 fully saturated rings. The number of aromatic nitrogens is 1. The van der Waals surface area contributed by atoms with Gasteiger partial charge >= 0.3 is 0 Å². The molecule has 1 aliphatic heterocycles. The predicted octanol–water partition coefficient (Wildman–Crippen LogP) is 1.69. The van der Waals surface area contributed by atoms with Crippen LogP contribution in [0.4, 0.5) is 5.69 Å². The van der Waals surface area contributed by atoms with E-state index in [1.54, 1.807) is 18.5 Å². The Balaban J connectivity index is 2.27. The highest BCUT2D eigenvalue weighted by Crippen LogP contribution is 2.38. The number of aliphatic hydroxyl groups is 1. The zero-order chi connectivity index (χ0) is 12.5. The number of nitrogens with zero attached hydrogens (tertiary/aromatic N) is 1. The van der Waals surface area contributed by atoms with Gasteiger partial charge in [-0.05, 0) is 12.0 Å². The van der Waals surface area contributed by atoms with Crippen LogP contribution in [0.2, 0.25) is 0 Å². The maximum absolute atomic E-state index is 10.7. The molecule has 0 saturated carbocycles. The minimum absolute atomic E-state index is 0.0772. The van der Waals surface area contributed by atoms with Gasteiger partial charge in [0, 0.05) is 36.5 Å². The maximum Gasteiger partial charge on any atom is 0.0978 e. The molecule has 1 saturated heterocycles. The Morgan fingerprint density at radius 2 is 2.35 bits per heavy atom. The van der Waals surface area contributed by atoms with E-state index < -0.39 is 5.60 Å². The number of hydrogen-bond donors (Lipinski definition) is 2. The lowest BCUT2D eigenvalue weighted by Gasteiger charge is -2.39. The summed E-state index contributed by atoms with van der Waals surface area (Å²) in [4.78, 5) is 4.05. The molecule has 2 rings (SSSR count). The lowest BCUT2D eigenvalue weighted by molar-refractivity contribution is -0.121. The molecule has 94 valence electrons. The van der Waals surface area contributed by atoms with Crippen LogP contribution >= 0.6 is 0 Å². The van der Waals surface area contributed by atoms with Crippen LogP contribution in [-0.4, -0.2) is 22.8 Å². The van der Waals surface area contributed by atoms with Gasteiger partial charge < -0.3 is 15.6 Å². The summed E-state index contributed by atoms with van der Waals surface area (Å²) in [5.74, 6) is 0.389. The topological polar surface area (TPSA) is 68.4 Å². The lowest BCUT2D eigenvalue weighted by atomic mass is 9.81. The van der Waals surface area contributed by atoms with Gasteiger partial charge in [0.2, 0.25) is 0 Å². The van der Waals surface area contributed by atoms with E-state index in [9.17, 15) is 5.11 Å². The molecule has 2 unspecified atom stereocenters. The Bertz CT molecular complexity index is 395. The van der Waals surface area contributed by atoms with Gasteiger partial charge in [-0.3, -0.25) is 4.98 Å². The zero-order valence-electron chi connectivity index (χ0n) is 10.4. The molecule has 4 heteroatoms. The fraction of sp³-hybridized carbons (Fsp3) is 0.615. The van der Waals surface area contributed by atoms with Crippen LogP contribution in [-0.2, 0) is 10.3 Å². The first kappa shape index (κ1) is 12.3. The number of hydrogen-bond acceptors (Lipinski definition) is 4. The van der Waals surface area contributed by atoms with Crippen molar-refractivity contribution in [2.45, 2.75) is 38.4 Å². The van der Waals surface area contributed by atoms with Crippen molar-refractivity contribution >= 4 is 5.69 Å².